The molecule has 2 aromatic rings. The minimum Gasteiger partial charge on any atom is -0.292 e. The molecular formula is C10H12N5+. The Morgan fingerprint density at radius 1 is 1.33 bits per heavy atom. The lowest BCUT2D eigenvalue weighted by atomic mass is 10.3. The fraction of sp³-hybridized carbons (Fsp3) is 0.300. The van der Waals surface area contributed by atoms with E-state index >= 15 is 0 Å². The van der Waals surface area contributed by atoms with Crippen molar-refractivity contribution < 1.29 is 4.57 Å². The number of aromatic amines is 1. The minimum absolute atomic E-state index is 0.905. The minimum atomic E-state index is 0.905. The molecule has 5 nitrogen and oxygen atoms in total. The zero-order valence-electron chi connectivity index (χ0n) is 8.27. The summed E-state index contributed by atoms with van der Waals surface area (Å²) in [6.45, 7) is 1.98. The second-order valence-electron chi connectivity index (χ2n) is 3.54. The molecule has 2 N–H and O–H groups in total. The maximum atomic E-state index is 4.31. The van der Waals surface area contributed by atoms with Gasteiger partial charge in [0.1, 0.15) is 5.69 Å². The molecule has 3 rings (SSSR count). The molecular weight excluding hydrogens is 190 g/mol. The molecule has 5 heteroatoms. The van der Waals surface area contributed by atoms with Crippen LogP contribution < -0.4 is 9.88 Å². The largest absolute Gasteiger partial charge is 0.377 e. The van der Waals surface area contributed by atoms with Crippen LogP contribution in [0.25, 0.3) is 11.5 Å². The molecule has 0 atom stereocenters. The van der Waals surface area contributed by atoms with Gasteiger partial charge >= 0.3 is 5.95 Å². The Morgan fingerprint density at radius 2 is 2.33 bits per heavy atom. The fourth-order valence-corrected chi connectivity index (χ4v) is 1.82. The Labute approximate surface area is 87.2 Å². The lowest BCUT2D eigenvalue weighted by Gasteiger charge is -2.09. The number of aromatic nitrogens is 4. The quantitative estimate of drug-likeness (QED) is 0.665. The SMILES string of the molecule is c1ccc(-c2[nH]nc3[n+]2CCCN3)nc1. The van der Waals surface area contributed by atoms with Gasteiger partial charge in [-0.15, -0.1) is 0 Å². The Kier molecular flexibility index (Phi) is 1.87. The van der Waals surface area contributed by atoms with Gasteiger partial charge in [0, 0.05) is 17.7 Å². The van der Waals surface area contributed by atoms with E-state index < -0.39 is 0 Å². The monoisotopic (exact) mass is 202 g/mol. The smallest absolute Gasteiger partial charge is 0.292 e. The molecule has 0 fully saturated rings. The van der Waals surface area contributed by atoms with Gasteiger partial charge in [0.2, 0.25) is 0 Å². The van der Waals surface area contributed by atoms with Gasteiger partial charge in [0.25, 0.3) is 5.82 Å². The molecule has 2 aromatic heterocycles. The normalized spacial score (nSPS) is 14.4. The van der Waals surface area contributed by atoms with Crippen molar-refractivity contribution in [1.29, 1.82) is 0 Å². The molecule has 0 radical (unpaired) electrons. The van der Waals surface area contributed by atoms with E-state index in [1.807, 2.05) is 18.2 Å². The number of rotatable bonds is 1. The summed E-state index contributed by atoms with van der Waals surface area (Å²) in [7, 11) is 0. The van der Waals surface area contributed by atoms with Crippen molar-refractivity contribution in [2.24, 2.45) is 0 Å². The van der Waals surface area contributed by atoms with E-state index in [1.165, 1.54) is 0 Å². The Balaban J connectivity index is 2.09. The number of nitrogens with zero attached hydrogens (tertiary/aromatic N) is 3. The van der Waals surface area contributed by atoms with E-state index in [2.05, 4.69) is 25.1 Å². The van der Waals surface area contributed by atoms with Gasteiger partial charge in [-0.05, 0) is 12.1 Å². The average molecular weight is 202 g/mol. The van der Waals surface area contributed by atoms with Crippen molar-refractivity contribution in [1.82, 2.24) is 15.2 Å². The lowest BCUT2D eigenvalue weighted by Crippen LogP contribution is -2.42. The summed E-state index contributed by atoms with van der Waals surface area (Å²) in [4.78, 5) is 4.31. The summed E-state index contributed by atoms with van der Waals surface area (Å²) < 4.78 is 2.13. The van der Waals surface area contributed by atoms with Gasteiger partial charge in [-0.2, -0.15) is 5.10 Å². The van der Waals surface area contributed by atoms with E-state index in [4.69, 9.17) is 0 Å². The van der Waals surface area contributed by atoms with Crippen molar-refractivity contribution in [3.05, 3.63) is 24.4 Å². The van der Waals surface area contributed by atoms with Crippen LogP contribution in [-0.2, 0) is 6.54 Å². The highest BCUT2D eigenvalue weighted by Gasteiger charge is 2.23. The number of pyridine rings is 1. The maximum absolute atomic E-state index is 4.31. The summed E-state index contributed by atoms with van der Waals surface area (Å²) in [6.07, 6.45) is 2.91. The van der Waals surface area contributed by atoms with Crippen LogP contribution in [0, 0.1) is 0 Å². The van der Waals surface area contributed by atoms with Crippen molar-refractivity contribution in [3.8, 4) is 11.5 Å². The number of hydrogen-bond acceptors (Lipinski definition) is 3. The van der Waals surface area contributed by atoms with Crippen LogP contribution in [0.3, 0.4) is 0 Å². The van der Waals surface area contributed by atoms with E-state index in [9.17, 15) is 0 Å². The van der Waals surface area contributed by atoms with Crippen molar-refractivity contribution >= 4 is 5.95 Å². The molecule has 0 unspecified atom stereocenters. The zero-order valence-corrected chi connectivity index (χ0v) is 8.27. The van der Waals surface area contributed by atoms with E-state index in [-0.39, 0.29) is 0 Å². The standard InChI is InChI=1S/C10H11N5/c1-2-5-11-8(4-1)9-13-14-10-12-6-3-7-15(9)10/h1-2,4-5H,3,6-7H2,(H,11,12,14)/p+1. The summed E-state index contributed by atoms with van der Waals surface area (Å²) in [5, 5.41) is 10.5. The van der Waals surface area contributed by atoms with E-state index in [0.29, 0.717) is 0 Å². The Hall–Kier alpha value is -1.91. The first-order valence-electron chi connectivity index (χ1n) is 5.08. The third-order valence-electron chi connectivity index (χ3n) is 2.54. The average Bonchev–Trinajstić information content (AvgIpc) is 2.74. The van der Waals surface area contributed by atoms with Crippen LogP contribution in [-0.4, -0.2) is 21.7 Å². The first-order valence-corrected chi connectivity index (χ1v) is 5.08. The third-order valence-corrected chi connectivity index (χ3v) is 2.54. The molecule has 0 bridgehead atoms. The van der Waals surface area contributed by atoms with Crippen LogP contribution in [0.1, 0.15) is 6.42 Å². The van der Waals surface area contributed by atoms with Crippen LogP contribution in [0.4, 0.5) is 5.95 Å². The summed E-state index contributed by atoms with van der Waals surface area (Å²) >= 11 is 0. The van der Waals surface area contributed by atoms with Gasteiger partial charge in [-0.3, -0.25) is 10.3 Å². The molecule has 0 aliphatic carbocycles. The number of fused-ring (bicyclic) bond motifs is 1. The van der Waals surface area contributed by atoms with Crippen LogP contribution in [0.15, 0.2) is 24.4 Å². The molecule has 76 valence electrons. The van der Waals surface area contributed by atoms with Gasteiger partial charge in [-0.25, -0.2) is 4.57 Å². The number of nitrogens with one attached hydrogen (secondary N) is 2. The summed E-state index contributed by atoms with van der Waals surface area (Å²) in [5.41, 5.74) is 0.931. The molecule has 3 heterocycles. The molecule has 0 aromatic carbocycles. The Morgan fingerprint density at radius 3 is 3.20 bits per heavy atom. The van der Waals surface area contributed by atoms with Crippen LogP contribution in [0.2, 0.25) is 0 Å². The van der Waals surface area contributed by atoms with Crippen molar-refractivity contribution in [3.63, 3.8) is 0 Å². The van der Waals surface area contributed by atoms with Gasteiger partial charge in [-0.1, -0.05) is 6.07 Å². The van der Waals surface area contributed by atoms with Crippen molar-refractivity contribution in [2.45, 2.75) is 13.0 Å². The highest BCUT2D eigenvalue weighted by atomic mass is 15.4. The predicted molar refractivity (Wildman–Crippen MR) is 55.1 cm³/mol. The first kappa shape index (κ1) is 8.40. The first-order chi connectivity index (χ1) is 7.45. The predicted octanol–water partition coefficient (Wildman–Crippen LogP) is 0.575. The maximum Gasteiger partial charge on any atom is 0.377 e. The van der Waals surface area contributed by atoms with E-state index in [1.54, 1.807) is 6.20 Å². The highest BCUT2D eigenvalue weighted by Crippen LogP contribution is 2.12. The number of H-pyrrole nitrogens is 1. The molecule has 0 saturated carbocycles. The topological polar surface area (TPSA) is 57.5 Å². The molecule has 0 amide bonds. The lowest BCUT2D eigenvalue weighted by molar-refractivity contribution is -0.675. The van der Waals surface area contributed by atoms with Gasteiger partial charge in [0.15, 0.2) is 0 Å². The third kappa shape index (κ3) is 1.36. The highest BCUT2D eigenvalue weighted by molar-refractivity contribution is 5.45. The summed E-state index contributed by atoms with van der Waals surface area (Å²) in [6, 6.07) is 5.87. The number of anilines is 1. The number of hydrogen-bond donors (Lipinski definition) is 2. The summed E-state index contributed by atoms with van der Waals surface area (Å²) in [5.74, 6) is 1.87. The van der Waals surface area contributed by atoms with Gasteiger partial charge in [0.05, 0.1) is 13.1 Å². The molecule has 0 saturated heterocycles. The zero-order chi connectivity index (χ0) is 10.1. The Bertz CT molecular complexity index is 462. The second-order valence-corrected chi connectivity index (χ2v) is 3.54. The molecule has 1 aliphatic rings. The molecule has 1 aliphatic heterocycles. The fourth-order valence-electron chi connectivity index (χ4n) is 1.82. The van der Waals surface area contributed by atoms with Crippen LogP contribution in [0.5, 0.6) is 0 Å². The molecule has 15 heavy (non-hydrogen) atoms. The molecule has 0 spiro atoms. The van der Waals surface area contributed by atoms with Gasteiger partial charge < -0.3 is 0 Å². The van der Waals surface area contributed by atoms with Crippen molar-refractivity contribution in [2.75, 3.05) is 11.9 Å². The van der Waals surface area contributed by atoms with Crippen LogP contribution >= 0.6 is 0 Å². The van der Waals surface area contributed by atoms with E-state index in [0.717, 1.165) is 37.0 Å². The second kappa shape index (κ2) is 3.34.